The summed E-state index contributed by atoms with van der Waals surface area (Å²) in [5.74, 6) is 5.20. The minimum absolute atomic E-state index is 0.103. The second-order valence-electron chi connectivity index (χ2n) is 5.05. The molecule has 0 spiro atoms. The van der Waals surface area contributed by atoms with E-state index in [0.29, 0.717) is 12.8 Å². The number of aromatic amines is 1. The molecule has 3 unspecified atom stereocenters. The topological polar surface area (TPSA) is 148 Å². The maximum Gasteiger partial charge on any atom is 0.330 e. The zero-order valence-electron chi connectivity index (χ0n) is 13.1. The Bertz CT molecular complexity index is 798. The quantitative estimate of drug-likeness (QED) is 0.341. The molecule has 1 saturated heterocycles. The molecule has 1 aromatic heterocycles. The fourth-order valence-corrected chi connectivity index (χ4v) is 2.50. The summed E-state index contributed by atoms with van der Waals surface area (Å²) in [5.41, 5.74) is 12.6. The van der Waals surface area contributed by atoms with Crippen molar-refractivity contribution in [3.63, 3.8) is 0 Å². The Kier molecular flexibility index (Phi) is 6.17. The molecular weight excluding hydrogens is 316 g/mol. The Hall–Kier alpha value is -2.57. The van der Waals surface area contributed by atoms with E-state index in [9.17, 15) is 9.59 Å². The first kappa shape index (κ1) is 17.8. The van der Waals surface area contributed by atoms with Crippen LogP contribution in [-0.2, 0) is 9.47 Å². The lowest BCUT2D eigenvalue weighted by Gasteiger charge is -2.16. The van der Waals surface area contributed by atoms with E-state index in [0.717, 1.165) is 0 Å². The van der Waals surface area contributed by atoms with Crippen LogP contribution in [0, 0.1) is 11.8 Å². The molecule has 1 fully saturated rings. The summed E-state index contributed by atoms with van der Waals surface area (Å²) < 4.78 is 12.6. The van der Waals surface area contributed by atoms with Gasteiger partial charge in [0.15, 0.2) is 0 Å². The van der Waals surface area contributed by atoms with Crippen LogP contribution in [-0.4, -0.2) is 35.0 Å². The summed E-state index contributed by atoms with van der Waals surface area (Å²) in [6.45, 7) is 1.91. The summed E-state index contributed by atoms with van der Waals surface area (Å²) in [7, 11) is 0. The van der Waals surface area contributed by atoms with Gasteiger partial charge in [-0.25, -0.2) is 4.79 Å². The molecule has 1 aliphatic rings. The third-order valence-corrected chi connectivity index (χ3v) is 3.60. The van der Waals surface area contributed by atoms with Crippen molar-refractivity contribution < 1.29 is 9.47 Å². The van der Waals surface area contributed by atoms with E-state index in [-0.39, 0.29) is 31.0 Å². The van der Waals surface area contributed by atoms with Crippen LogP contribution in [0.1, 0.15) is 31.6 Å². The number of hydrogen-bond donors (Lipinski definition) is 2. The van der Waals surface area contributed by atoms with Gasteiger partial charge < -0.3 is 15.2 Å². The van der Waals surface area contributed by atoms with E-state index < -0.39 is 17.5 Å². The Labute approximate surface area is 137 Å². The predicted octanol–water partition coefficient (Wildman–Crippen LogP) is 0.197. The van der Waals surface area contributed by atoms with Gasteiger partial charge in [-0.05, 0) is 12.0 Å². The third-order valence-electron chi connectivity index (χ3n) is 3.60. The molecule has 0 aromatic carbocycles. The molecule has 0 saturated carbocycles. The van der Waals surface area contributed by atoms with Crippen LogP contribution in [0.4, 0.5) is 0 Å². The van der Waals surface area contributed by atoms with E-state index in [1.807, 2.05) is 6.92 Å². The van der Waals surface area contributed by atoms with Crippen molar-refractivity contribution in [3.05, 3.63) is 43.0 Å². The van der Waals surface area contributed by atoms with Crippen molar-refractivity contribution in [2.75, 3.05) is 13.3 Å². The fourth-order valence-electron chi connectivity index (χ4n) is 2.50. The van der Waals surface area contributed by atoms with Crippen LogP contribution in [0.3, 0.4) is 0 Å². The van der Waals surface area contributed by atoms with Crippen LogP contribution in [0.5, 0.6) is 0 Å². The van der Waals surface area contributed by atoms with Gasteiger partial charge in [0, 0.05) is 17.5 Å². The van der Waals surface area contributed by atoms with Gasteiger partial charge >= 0.3 is 5.69 Å². The number of aromatic nitrogens is 2. The Morgan fingerprint density at radius 2 is 2.42 bits per heavy atom. The first-order valence-corrected chi connectivity index (χ1v) is 7.43. The van der Waals surface area contributed by atoms with Crippen molar-refractivity contribution >= 4 is 0 Å². The Balaban J connectivity index is 2.26. The van der Waals surface area contributed by atoms with E-state index in [1.54, 1.807) is 0 Å². The monoisotopic (exact) mass is 334 g/mol. The zero-order valence-corrected chi connectivity index (χ0v) is 13.1. The van der Waals surface area contributed by atoms with Crippen LogP contribution in [0.15, 0.2) is 20.9 Å². The molecule has 2 heterocycles. The summed E-state index contributed by atoms with van der Waals surface area (Å²) in [4.78, 5) is 28.7. The average Bonchev–Trinajstić information content (AvgIpc) is 2.97. The molecular formula is C14H18N6O4. The van der Waals surface area contributed by atoms with Crippen LogP contribution < -0.4 is 17.0 Å². The molecule has 3 atom stereocenters. The lowest BCUT2D eigenvalue weighted by Crippen LogP contribution is -2.33. The highest BCUT2D eigenvalue weighted by atomic mass is 16.6. The Morgan fingerprint density at radius 1 is 1.62 bits per heavy atom. The van der Waals surface area contributed by atoms with Crippen LogP contribution in [0.25, 0.3) is 10.4 Å². The first-order chi connectivity index (χ1) is 11.6. The van der Waals surface area contributed by atoms with Gasteiger partial charge in [0.2, 0.25) is 0 Å². The second kappa shape index (κ2) is 8.33. The number of H-pyrrole nitrogens is 1. The summed E-state index contributed by atoms with van der Waals surface area (Å²) in [6, 6.07) is 0. The van der Waals surface area contributed by atoms with Gasteiger partial charge in [-0.1, -0.05) is 23.9 Å². The molecule has 10 nitrogen and oxygen atoms in total. The van der Waals surface area contributed by atoms with Crippen molar-refractivity contribution in [1.29, 1.82) is 0 Å². The number of rotatable bonds is 5. The highest BCUT2D eigenvalue weighted by Gasteiger charge is 2.36. The van der Waals surface area contributed by atoms with Crippen molar-refractivity contribution in [2.45, 2.75) is 38.2 Å². The van der Waals surface area contributed by atoms with Gasteiger partial charge in [-0.15, -0.1) is 0 Å². The molecule has 0 amide bonds. The maximum atomic E-state index is 12.1. The first-order valence-electron chi connectivity index (χ1n) is 7.43. The maximum absolute atomic E-state index is 12.1. The van der Waals surface area contributed by atoms with E-state index in [2.05, 4.69) is 26.9 Å². The van der Waals surface area contributed by atoms with Crippen molar-refractivity contribution in [1.82, 2.24) is 9.55 Å². The third kappa shape index (κ3) is 4.04. The molecule has 10 heteroatoms. The van der Waals surface area contributed by atoms with Gasteiger partial charge in [-0.3, -0.25) is 14.3 Å². The normalized spacial score (nSPS) is 22.5. The number of nitrogens with one attached hydrogen (secondary N) is 1. The van der Waals surface area contributed by atoms with E-state index in [4.69, 9.17) is 20.7 Å². The molecule has 128 valence electrons. The molecule has 0 aliphatic carbocycles. The molecule has 3 N–H and O–H groups in total. The van der Waals surface area contributed by atoms with E-state index in [1.165, 1.54) is 10.8 Å². The number of ether oxygens (including phenoxy) is 2. The molecule has 0 bridgehead atoms. The van der Waals surface area contributed by atoms with Crippen molar-refractivity contribution in [2.24, 2.45) is 10.8 Å². The number of nitrogens with two attached hydrogens (primary N) is 1. The fraction of sp³-hybridized carbons (Fsp3) is 0.571. The number of nitrogens with zero attached hydrogens (tertiary/aromatic N) is 4. The van der Waals surface area contributed by atoms with Gasteiger partial charge in [0.05, 0.1) is 18.8 Å². The molecule has 24 heavy (non-hydrogen) atoms. The average molecular weight is 334 g/mol. The number of hydrogen-bond acceptors (Lipinski definition) is 6. The van der Waals surface area contributed by atoms with Crippen LogP contribution in [0.2, 0.25) is 0 Å². The lowest BCUT2D eigenvalue weighted by molar-refractivity contribution is -0.0393. The lowest BCUT2D eigenvalue weighted by atomic mass is 10.1. The minimum atomic E-state index is -0.603. The van der Waals surface area contributed by atoms with E-state index >= 15 is 0 Å². The summed E-state index contributed by atoms with van der Waals surface area (Å²) in [5, 5.41) is 3.34. The molecule has 0 radical (unpaired) electrons. The highest BCUT2D eigenvalue weighted by Crippen LogP contribution is 2.31. The van der Waals surface area contributed by atoms with Gasteiger partial charge in [0.1, 0.15) is 18.5 Å². The highest BCUT2D eigenvalue weighted by molar-refractivity contribution is 5.29. The van der Waals surface area contributed by atoms with Crippen LogP contribution >= 0.6 is 0 Å². The number of azide groups is 1. The Morgan fingerprint density at radius 3 is 3.08 bits per heavy atom. The largest absolute Gasteiger partial charge is 0.369 e. The second-order valence-corrected chi connectivity index (χ2v) is 5.05. The standard InChI is InChI=1S/C14H18N6O4/c1-2-10-11(23-8-17-19-16)6-12(24-10)20-7-9(4-3-5-15)13(21)18-14(20)22/h7,10-12H,2,5-6,8,15H2,1H3,(H,18,21,22). The molecule has 2 rings (SSSR count). The smallest absolute Gasteiger partial charge is 0.330 e. The van der Waals surface area contributed by atoms with Gasteiger partial charge in [0.25, 0.3) is 5.56 Å². The minimum Gasteiger partial charge on any atom is -0.369 e. The summed E-state index contributed by atoms with van der Waals surface area (Å²) in [6.07, 6.45) is 1.24. The molecule has 1 aromatic rings. The van der Waals surface area contributed by atoms with Gasteiger partial charge in [-0.2, -0.15) is 0 Å². The zero-order chi connectivity index (χ0) is 17.5. The molecule has 1 aliphatic heterocycles. The SMILES string of the molecule is CCC1OC(n2cc(C#CCN)c(=O)[nH]c2=O)CC1OCN=[N+]=[N-]. The summed E-state index contributed by atoms with van der Waals surface area (Å²) >= 11 is 0. The predicted molar refractivity (Wildman–Crippen MR) is 85.0 cm³/mol. The van der Waals surface area contributed by atoms with Crippen molar-refractivity contribution in [3.8, 4) is 11.8 Å².